The molecule has 1 aromatic carbocycles. The van der Waals surface area contributed by atoms with Crippen LogP contribution in [-0.2, 0) is 6.54 Å². The molecule has 1 saturated heterocycles. The van der Waals surface area contributed by atoms with Crippen LogP contribution >= 0.6 is 0 Å². The minimum Gasteiger partial charge on any atom is -0.341 e. The molecule has 2 heterocycles. The Morgan fingerprint density at radius 2 is 2.21 bits per heavy atom. The monoisotopic (exact) mass is 319 g/mol. The predicted octanol–water partition coefficient (Wildman–Crippen LogP) is -0.115. The Labute approximate surface area is 141 Å². The van der Waals surface area contributed by atoms with E-state index in [0.717, 1.165) is 24.9 Å². The fourth-order valence-corrected chi connectivity index (χ4v) is 3.02. The molecule has 0 amide bonds. The second-order valence-electron chi connectivity index (χ2n) is 6.02. The number of anilines is 1. The number of aromatic nitrogens is 2. The van der Waals surface area contributed by atoms with Gasteiger partial charge in [0.1, 0.15) is 7.85 Å². The lowest BCUT2D eigenvalue weighted by atomic mass is 10.00. The van der Waals surface area contributed by atoms with Crippen LogP contribution in [0.5, 0.6) is 0 Å². The standard InChI is InChI=1S/C17H18BN5O/c18-15-9-21-17(22-7-3-6-14(20)11-22)23(16(15)24)10-13-5-2-1-4-12(13)8-19/h1-2,4-5,9,14H,3,6-7,10-11,20H2/t14-/m1/s1. The average molecular weight is 319 g/mol. The molecular formula is C17H18BN5O. The van der Waals surface area contributed by atoms with Gasteiger partial charge in [-0.2, -0.15) is 5.26 Å². The highest BCUT2D eigenvalue weighted by molar-refractivity contribution is 6.31. The molecule has 24 heavy (non-hydrogen) atoms. The zero-order valence-electron chi connectivity index (χ0n) is 13.4. The number of benzene rings is 1. The number of nitrogens with two attached hydrogens (primary N) is 1. The van der Waals surface area contributed by atoms with Gasteiger partial charge in [-0.15, -0.1) is 0 Å². The Kier molecular flexibility index (Phi) is 4.67. The minimum atomic E-state index is -0.299. The second kappa shape index (κ2) is 6.89. The zero-order valence-corrected chi connectivity index (χ0v) is 13.4. The third-order valence-corrected chi connectivity index (χ3v) is 4.26. The summed E-state index contributed by atoms with van der Waals surface area (Å²) in [6, 6.07) is 9.43. The molecule has 2 N–H and O–H groups in total. The van der Waals surface area contributed by atoms with Gasteiger partial charge in [0.15, 0.2) is 0 Å². The molecule has 1 fully saturated rings. The molecule has 120 valence electrons. The highest BCUT2D eigenvalue weighted by Gasteiger charge is 2.21. The van der Waals surface area contributed by atoms with E-state index in [1.807, 2.05) is 17.0 Å². The summed E-state index contributed by atoms with van der Waals surface area (Å²) in [5.41, 5.74) is 7.14. The second-order valence-corrected chi connectivity index (χ2v) is 6.02. The first-order valence-corrected chi connectivity index (χ1v) is 7.94. The topological polar surface area (TPSA) is 87.9 Å². The molecule has 0 unspecified atom stereocenters. The van der Waals surface area contributed by atoms with Gasteiger partial charge in [0.05, 0.1) is 18.2 Å². The third kappa shape index (κ3) is 3.19. The molecule has 6 nitrogen and oxygen atoms in total. The summed E-state index contributed by atoms with van der Waals surface area (Å²) in [5, 5.41) is 9.27. The van der Waals surface area contributed by atoms with Crippen LogP contribution < -0.4 is 21.7 Å². The van der Waals surface area contributed by atoms with E-state index in [4.69, 9.17) is 13.6 Å². The lowest BCUT2D eigenvalue weighted by Crippen LogP contribution is -2.47. The van der Waals surface area contributed by atoms with Crippen molar-refractivity contribution in [3.05, 3.63) is 51.9 Å². The first-order valence-electron chi connectivity index (χ1n) is 7.94. The molecule has 1 atom stereocenters. The van der Waals surface area contributed by atoms with Gasteiger partial charge in [0.2, 0.25) is 11.5 Å². The molecule has 3 rings (SSSR count). The van der Waals surface area contributed by atoms with Crippen molar-refractivity contribution in [2.24, 2.45) is 5.73 Å². The van der Waals surface area contributed by atoms with Crippen LogP contribution in [0.4, 0.5) is 5.95 Å². The van der Waals surface area contributed by atoms with Gasteiger partial charge in [0, 0.05) is 25.3 Å². The van der Waals surface area contributed by atoms with E-state index < -0.39 is 0 Å². The maximum atomic E-state index is 12.6. The number of rotatable bonds is 3. The Hall–Kier alpha value is -2.59. The summed E-state index contributed by atoms with van der Waals surface area (Å²) in [6.07, 6.45) is 3.31. The van der Waals surface area contributed by atoms with Crippen LogP contribution in [0.1, 0.15) is 24.0 Å². The van der Waals surface area contributed by atoms with Gasteiger partial charge in [0.25, 0.3) is 0 Å². The Morgan fingerprint density at radius 3 is 2.96 bits per heavy atom. The average Bonchev–Trinajstić information content (AvgIpc) is 2.59. The first kappa shape index (κ1) is 16.3. The molecule has 0 saturated carbocycles. The molecule has 7 heteroatoms. The largest absolute Gasteiger partial charge is 0.341 e. The molecule has 0 bridgehead atoms. The lowest BCUT2D eigenvalue weighted by molar-refractivity contribution is 0.491. The van der Waals surface area contributed by atoms with Crippen molar-refractivity contribution in [3.63, 3.8) is 0 Å². The van der Waals surface area contributed by atoms with Crippen LogP contribution in [0.15, 0.2) is 35.3 Å². The van der Waals surface area contributed by atoms with E-state index >= 15 is 0 Å². The van der Waals surface area contributed by atoms with E-state index in [0.29, 0.717) is 18.1 Å². The smallest absolute Gasteiger partial charge is 0.247 e. The van der Waals surface area contributed by atoms with Crippen molar-refractivity contribution >= 4 is 19.3 Å². The van der Waals surface area contributed by atoms with Gasteiger partial charge >= 0.3 is 0 Å². The van der Waals surface area contributed by atoms with E-state index in [1.165, 1.54) is 10.8 Å². The molecule has 1 aromatic heterocycles. The number of hydrogen-bond donors (Lipinski definition) is 1. The van der Waals surface area contributed by atoms with Crippen LogP contribution in [-0.4, -0.2) is 36.5 Å². The lowest BCUT2D eigenvalue weighted by Gasteiger charge is -2.33. The molecule has 1 aliphatic rings. The van der Waals surface area contributed by atoms with Gasteiger partial charge in [-0.1, -0.05) is 18.2 Å². The van der Waals surface area contributed by atoms with Crippen molar-refractivity contribution in [3.8, 4) is 6.07 Å². The van der Waals surface area contributed by atoms with E-state index in [-0.39, 0.29) is 23.6 Å². The quantitative estimate of drug-likeness (QED) is 0.797. The van der Waals surface area contributed by atoms with Gasteiger partial charge in [-0.25, -0.2) is 4.98 Å². The third-order valence-electron chi connectivity index (χ3n) is 4.26. The Balaban J connectivity index is 2.04. The van der Waals surface area contributed by atoms with E-state index in [1.54, 1.807) is 12.1 Å². The maximum Gasteiger partial charge on any atom is 0.247 e. The normalized spacial score (nSPS) is 17.5. The maximum absolute atomic E-state index is 12.6. The highest BCUT2D eigenvalue weighted by atomic mass is 16.1. The van der Waals surface area contributed by atoms with Crippen LogP contribution in [0.25, 0.3) is 0 Å². The summed E-state index contributed by atoms with van der Waals surface area (Å²) in [4.78, 5) is 19.0. The SMILES string of the molecule is [B]c1cnc(N2CCC[C@@H](N)C2)n(Cc2ccccc2C#N)c1=O. The molecule has 2 aromatic rings. The molecule has 2 radical (unpaired) electrons. The summed E-state index contributed by atoms with van der Waals surface area (Å²) >= 11 is 0. The predicted molar refractivity (Wildman–Crippen MR) is 93.6 cm³/mol. The Morgan fingerprint density at radius 1 is 1.42 bits per heavy atom. The summed E-state index contributed by atoms with van der Waals surface area (Å²) in [5.74, 6) is 0.553. The number of nitriles is 1. The molecular weight excluding hydrogens is 301 g/mol. The van der Waals surface area contributed by atoms with Crippen molar-refractivity contribution in [1.29, 1.82) is 5.26 Å². The zero-order chi connectivity index (χ0) is 17.1. The van der Waals surface area contributed by atoms with Crippen LogP contribution in [0.3, 0.4) is 0 Å². The van der Waals surface area contributed by atoms with E-state index in [9.17, 15) is 10.1 Å². The fourth-order valence-electron chi connectivity index (χ4n) is 3.02. The van der Waals surface area contributed by atoms with Crippen LogP contribution in [0, 0.1) is 11.3 Å². The van der Waals surface area contributed by atoms with Crippen molar-refractivity contribution in [1.82, 2.24) is 9.55 Å². The number of piperidine rings is 1. The number of hydrogen-bond acceptors (Lipinski definition) is 5. The Bertz CT molecular complexity index is 842. The van der Waals surface area contributed by atoms with E-state index in [2.05, 4.69) is 11.1 Å². The van der Waals surface area contributed by atoms with Gasteiger partial charge < -0.3 is 10.6 Å². The number of nitrogens with zero attached hydrogens (tertiary/aromatic N) is 4. The fraction of sp³-hybridized carbons (Fsp3) is 0.353. The molecule has 1 aliphatic heterocycles. The highest BCUT2D eigenvalue weighted by Crippen LogP contribution is 2.17. The van der Waals surface area contributed by atoms with Gasteiger partial charge in [-0.05, 0) is 29.9 Å². The van der Waals surface area contributed by atoms with Crippen molar-refractivity contribution < 1.29 is 0 Å². The summed E-state index contributed by atoms with van der Waals surface area (Å²) in [7, 11) is 5.77. The van der Waals surface area contributed by atoms with Gasteiger partial charge in [-0.3, -0.25) is 9.36 Å². The molecule has 0 spiro atoms. The molecule has 0 aliphatic carbocycles. The summed E-state index contributed by atoms with van der Waals surface area (Å²) in [6.45, 7) is 1.70. The first-order chi connectivity index (χ1) is 11.6. The summed E-state index contributed by atoms with van der Waals surface area (Å²) < 4.78 is 1.53. The van der Waals surface area contributed by atoms with Crippen molar-refractivity contribution in [2.75, 3.05) is 18.0 Å². The van der Waals surface area contributed by atoms with Crippen molar-refractivity contribution in [2.45, 2.75) is 25.4 Å². The minimum absolute atomic E-state index is 0.0630. The van der Waals surface area contributed by atoms with Crippen LogP contribution in [0.2, 0.25) is 0 Å².